The Balaban J connectivity index is 2.17. The van der Waals surface area contributed by atoms with Gasteiger partial charge in [0.05, 0.1) is 6.42 Å². The number of para-hydroxylation sites is 1. The first-order valence-corrected chi connectivity index (χ1v) is 6.55. The summed E-state index contributed by atoms with van der Waals surface area (Å²) >= 11 is 0. The molecule has 2 aromatic rings. The average Bonchev–Trinajstić information content (AvgIpc) is 2.90. The smallest absolute Gasteiger partial charge is 0.307 e. The number of anilines is 1. The molecule has 0 spiro atoms. The van der Waals surface area contributed by atoms with Crippen molar-refractivity contribution in [3.05, 3.63) is 47.3 Å². The number of carboxylic acid groups (broad SMARTS) is 1. The van der Waals surface area contributed by atoms with Gasteiger partial charge in [0.25, 0.3) is 5.91 Å². The minimum Gasteiger partial charge on any atom is -0.481 e. The van der Waals surface area contributed by atoms with Crippen LogP contribution in [-0.4, -0.2) is 22.1 Å². The molecule has 21 heavy (non-hydrogen) atoms. The molecule has 6 nitrogen and oxygen atoms in total. The van der Waals surface area contributed by atoms with E-state index in [4.69, 9.17) is 9.63 Å². The number of hydrogen-bond donors (Lipinski definition) is 2. The molecule has 0 saturated heterocycles. The van der Waals surface area contributed by atoms with Crippen molar-refractivity contribution in [1.82, 2.24) is 5.16 Å². The number of aromatic nitrogens is 1. The van der Waals surface area contributed by atoms with Crippen LogP contribution in [0, 0.1) is 0 Å². The summed E-state index contributed by atoms with van der Waals surface area (Å²) in [7, 11) is 0. The number of rotatable bonds is 5. The summed E-state index contributed by atoms with van der Waals surface area (Å²) in [6.45, 7) is 3.87. The number of carbonyl (C=O) groups excluding carboxylic acids is 1. The van der Waals surface area contributed by atoms with E-state index in [2.05, 4.69) is 10.5 Å². The van der Waals surface area contributed by atoms with Gasteiger partial charge in [-0.05, 0) is 11.6 Å². The van der Waals surface area contributed by atoms with Gasteiger partial charge < -0.3 is 14.9 Å². The van der Waals surface area contributed by atoms with Crippen LogP contribution in [-0.2, 0) is 11.2 Å². The van der Waals surface area contributed by atoms with Crippen LogP contribution >= 0.6 is 0 Å². The van der Waals surface area contributed by atoms with E-state index in [1.54, 1.807) is 30.3 Å². The summed E-state index contributed by atoms with van der Waals surface area (Å²) < 4.78 is 5.07. The molecule has 1 aromatic carbocycles. The summed E-state index contributed by atoms with van der Waals surface area (Å²) in [5.74, 6) is -0.624. The highest BCUT2D eigenvalue weighted by atomic mass is 16.5. The summed E-state index contributed by atoms with van der Waals surface area (Å²) in [5, 5.41) is 15.2. The van der Waals surface area contributed by atoms with E-state index < -0.39 is 11.9 Å². The van der Waals surface area contributed by atoms with Crippen molar-refractivity contribution in [2.75, 3.05) is 5.32 Å². The lowest BCUT2D eigenvalue weighted by Gasteiger charge is -2.08. The van der Waals surface area contributed by atoms with Crippen molar-refractivity contribution in [3.8, 4) is 0 Å². The first-order chi connectivity index (χ1) is 9.97. The molecule has 0 fully saturated rings. The van der Waals surface area contributed by atoms with Crippen LogP contribution in [0.3, 0.4) is 0 Å². The van der Waals surface area contributed by atoms with E-state index in [0.717, 1.165) is 0 Å². The summed E-state index contributed by atoms with van der Waals surface area (Å²) in [6, 6.07) is 8.34. The Kier molecular flexibility index (Phi) is 4.37. The van der Waals surface area contributed by atoms with E-state index in [0.29, 0.717) is 17.0 Å². The minimum absolute atomic E-state index is 0.137. The second-order valence-electron chi connectivity index (χ2n) is 4.95. The monoisotopic (exact) mass is 288 g/mol. The van der Waals surface area contributed by atoms with Gasteiger partial charge in [-0.25, -0.2) is 0 Å². The number of nitrogens with zero attached hydrogens (tertiary/aromatic N) is 1. The van der Waals surface area contributed by atoms with Crippen molar-refractivity contribution >= 4 is 17.6 Å². The van der Waals surface area contributed by atoms with Gasteiger partial charge in [0.1, 0.15) is 5.76 Å². The second kappa shape index (κ2) is 6.21. The van der Waals surface area contributed by atoms with Gasteiger partial charge in [0.2, 0.25) is 0 Å². The van der Waals surface area contributed by atoms with Gasteiger partial charge in [-0.1, -0.05) is 37.2 Å². The zero-order valence-corrected chi connectivity index (χ0v) is 11.8. The maximum absolute atomic E-state index is 12.1. The Labute approximate surface area is 121 Å². The van der Waals surface area contributed by atoms with E-state index in [1.165, 1.54) is 0 Å². The fourth-order valence-electron chi connectivity index (χ4n) is 1.81. The van der Waals surface area contributed by atoms with Crippen LogP contribution < -0.4 is 5.32 Å². The first kappa shape index (κ1) is 14.8. The third kappa shape index (κ3) is 3.68. The van der Waals surface area contributed by atoms with Crippen LogP contribution in [0.25, 0.3) is 0 Å². The number of aliphatic carboxylic acids is 1. The van der Waals surface area contributed by atoms with E-state index in [9.17, 15) is 9.59 Å². The zero-order valence-electron chi connectivity index (χ0n) is 11.8. The van der Waals surface area contributed by atoms with Crippen LogP contribution in [0.1, 0.15) is 41.6 Å². The molecule has 0 atom stereocenters. The van der Waals surface area contributed by atoms with Gasteiger partial charge in [0, 0.05) is 17.7 Å². The molecule has 0 aliphatic carbocycles. The molecule has 1 aromatic heterocycles. The highest BCUT2D eigenvalue weighted by Gasteiger charge is 2.16. The summed E-state index contributed by atoms with van der Waals surface area (Å²) in [6.07, 6.45) is -0.160. The van der Waals surface area contributed by atoms with Crippen molar-refractivity contribution in [2.45, 2.75) is 26.2 Å². The molecule has 6 heteroatoms. The molecule has 2 rings (SSSR count). The highest BCUT2D eigenvalue weighted by Crippen LogP contribution is 2.19. The number of nitrogens with one attached hydrogen (secondary N) is 1. The maximum atomic E-state index is 12.1. The molecule has 1 amide bonds. The molecule has 110 valence electrons. The molecular weight excluding hydrogens is 272 g/mol. The molecule has 0 radical (unpaired) electrons. The highest BCUT2D eigenvalue weighted by molar-refractivity contribution is 6.03. The van der Waals surface area contributed by atoms with E-state index in [1.807, 2.05) is 13.8 Å². The SMILES string of the molecule is CC(C)c1cc(C(=O)Nc2ccccc2CC(=O)O)no1. The molecule has 1 heterocycles. The third-order valence-corrected chi connectivity index (χ3v) is 2.94. The second-order valence-corrected chi connectivity index (χ2v) is 4.95. The number of carbonyl (C=O) groups is 2. The van der Waals surface area contributed by atoms with Gasteiger partial charge >= 0.3 is 5.97 Å². The van der Waals surface area contributed by atoms with E-state index >= 15 is 0 Å². The predicted octanol–water partition coefficient (Wildman–Crippen LogP) is 2.68. The van der Waals surface area contributed by atoms with E-state index in [-0.39, 0.29) is 18.0 Å². The predicted molar refractivity (Wildman–Crippen MR) is 76.3 cm³/mol. The largest absolute Gasteiger partial charge is 0.481 e. The Morgan fingerprint density at radius 3 is 2.67 bits per heavy atom. The van der Waals surface area contributed by atoms with Crippen molar-refractivity contribution in [3.63, 3.8) is 0 Å². The molecule has 2 N–H and O–H groups in total. The molecule has 0 aliphatic heterocycles. The third-order valence-electron chi connectivity index (χ3n) is 2.94. The van der Waals surface area contributed by atoms with Gasteiger partial charge in [-0.3, -0.25) is 9.59 Å². The number of carboxylic acids is 1. The fourth-order valence-corrected chi connectivity index (χ4v) is 1.81. The summed E-state index contributed by atoms with van der Waals surface area (Å²) in [5.41, 5.74) is 1.16. The Bertz CT molecular complexity index is 661. The van der Waals surface area contributed by atoms with Crippen LogP contribution in [0.15, 0.2) is 34.9 Å². The standard InChI is InChI=1S/C15H16N2O4/c1-9(2)13-8-12(17-21-13)15(20)16-11-6-4-3-5-10(11)7-14(18)19/h3-6,8-9H,7H2,1-2H3,(H,16,20)(H,18,19). The lowest BCUT2D eigenvalue weighted by atomic mass is 10.1. The maximum Gasteiger partial charge on any atom is 0.307 e. The van der Waals surface area contributed by atoms with Gasteiger partial charge in [-0.15, -0.1) is 0 Å². The van der Waals surface area contributed by atoms with Crippen molar-refractivity contribution < 1.29 is 19.2 Å². The molecule has 0 saturated carbocycles. The number of amides is 1. The lowest BCUT2D eigenvalue weighted by molar-refractivity contribution is -0.136. The van der Waals surface area contributed by atoms with Crippen molar-refractivity contribution in [1.29, 1.82) is 0 Å². The quantitative estimate of drug-likeness (QED) is 0.882. The zero-order chi connectivity index (χ0) is 15.4. The Hall–Kier alpha value is -2.63. The number of benzene rings is 1. The molecular formula is C15H16N2O4. The first-order valence-electron chi connectivity index (χ1n) is 6.55. The van der Waals surface area contributed by atoms with Crippen LogP contribution in [0.5, 0.6) is 0 Å². The fraction of sp³-hybridized carbons (Fsp3) is 0.267. The molecule has 0 bridgehead atoms. The molecule has 0 aliphatic rings. The molecule has 0 unspecified atom stereocenters. The lowest BCUT2D eigenvalue weighted by Crippen LogP contribution is -2.14. The van der Waals surface area contributed by atoms with Gasteiger partial charge in [0.15, 0.2) is 5.69 Å². The van der Waals surface area contributed by atoms with Crippen molar-refractivity contribution in [2.24, 2.45) is 0 Å². The topological polar surface area (TPSA) is 92.4 Å². The number of hydrogen-bond acceptors (Lipinski definition) is 4. The summed E-state index contributed by atoms with van der Waals surface area (Å²) in [4.78, 5) is 22.9. The van der Waals surface area contributed by atoms with Crippen LogP contribution in [0.4, 0.5) is 5.69 Å². The minimum atomic E-state index is -0.958. The average molecular weight is 288 g/mol. The van der Waals surface area contributed by atoms with Crippen LogP contribution in [0.2, 0.25) is 0 Å². The Morgan fingerprint density at radius 1 is 1.33 bits per heavy atom. The normalized spacial score (nSPS) is 10.6. The van der Waals surface area contributed by atoms with Gasteiger partial charge in [-0.2, -0.15) is 0 Å². The Morgan fingerprint density at radius 2 is 2.05 bits per heavy atom.